The van der Waals surface area contributed by atoms with Crippen LogP contribution < -0.4 is 0 Å². The minimum absolute atomic E-state index is 0.0889. The molecule has 3 aromatic rings. The summed E-state index contributed by atoms with van der Waals surface area (Å²) in [5, 5.41) is 0. The molecule has 3 heteroatoms. The predicted molar refractivity (Wildman–Crippen MR) is 101 cm³/mol. The second-order valence-electron chi connectivity index (χ2n) is 7.48. The van der Waals surface area contributed by atoms with Crippen molar-refractivity contribution in [2.75, 3.05) is 0 Å². The molecule has 0 aliphatic rings. The molecule has 0 aliphatic carbocycles. The van der Waals surface area contributed by atoms with Gasteiger partial charge in [0.15, 0.2) is 0 Å². The fraction of sp³-hybridized carbons (Fsp3) is 0.273. The van der Waals surface area contributed by atoms with Gasteiger partial charge in [0.2, 0.25) is 5.91 Å². The van der Waals surface area contributed by atoms with Gasteiger partial charge >= 0.3 is 0 Å². The van der Waals surface area contributed by atoms with E-state index < -0.39 is 0 Å². The normalized spacial score (nSPS) is 12.8. The number of aromatic nitrogens is 2. The molecular weight excluding hydrogens is 308 g/mol. The van der Waals surface area contributed by atoms with Gasteiger partial charge in [-0.1, -0.05) is 81.4 Å². The van der Waals surface area contributed by atoms with Gasteiger partial charge in [-0.15, -0.1) is 0 Å². The minimum Gasteiger partial charge on any atom is -0.275 e. The number of benzene rings is 2. The fourth-order valence-corrected chi connectivity index (χ4v) is 2.99. The molecule has 3 rings (SSSR count). The molecule has 3 nitrogen and oxygen atoms in total. The van der Waals surface area contributed by atoms with Gasteiger partial charge in [0.25, 0.3) is 0 Å². The second kappa shape index (κ2) is 7.06. The summed E-state index contributed by atoms with van der Waals surface area (Å²) in [6.07, 6.45) is 4.19. The third-order valence-electron chi connectivity index (χ3n) is 4.53. The van der Waals surface area contributed by atoms with Crippen molar-refractivity contribution in [2.45, 2.75) is 27.2 Å². The monoisotopic (exact) mass is 332 g/mol. The smallest absolute Gasteiger partial charge is 0.235 e. The third-order valence-corrected chi connectivity index (χ3v) is 4.53. The van der Waals surface area contributed by atoms with Crippen molar-refractivity contribution in [1.29, 1.82) is 0 Å². The maximum absolute atomic E-state index is 13.2. The maximum Gasteiger partial charge on any atom is 0.235 e. The zero-order valence-corrected chi connectivity index (χ0v) is 15.0. The first kappa shape index (κ1) is 17.2. The van der Waals surface area contributed by atoms with Crippen LogP contribution in [0.15, 0.2) is 73.2 Å². The molecule has 25 heavy (non-hydrogen) atoms. The largest absolute Gasteiger partial charge is 0.275 e. The number of nitrogens with zero attached hydrogens (tertiary/aromatic N) is 2. The number of rotatable bonds is 4. The van der Waals surface area contributed by atoms with Crippen LogP contribution in [0.25, 0.3) is 11.3 Å². The Labute approximate surface area is 149 Å². The predicted octanol–water partition coefficient (Wildman–Crippen LogP) is 5.10. The van der Waals surface area contributed by atoms with E-state index in [-0.39, 0.29) is 17.2 Å². The van der Waals surface area contributed by atoms with Crippen LogP contribution in [-0.4, -0.2) is 15.5 Å². The van der Waals surface area contributed by atoms with Gasteiger partial charge in [-0.05, 0) is 17.4 Å². The van der Waals surface area contributed by atoms with Crippen LogP contribution >= 0.6 is 0 Å². The highest BCUT2D eigenvalue weighted by Crippen LogP contribution is 2.31. The Hall–Kier alpha value is -2.68. The number of hydrogen-bond donors (Lipinski definition) is 0. The van der Waals surface area contributed by atoms with Crippen LogP contribution in [0.1, 0.15) is 31.1 Å². The molecule has 0 fully saturated rings. The molecule has 1 aromatic heterocycles. The molecule has 0 aliphatic heterocycles. The van der Waals surface area contributed by atoms with E-state index in [2.05, 4.69) is 37.9 Å². The molecule has 0 saturated carbocycles. The summed E-state index contributed by atoms with van der Waals surface area (Å²) < 4.78 is 1.64. The van der Waals surface area contributed by atoms with Crippen LogP contribution in [0.4, 0.5) is 0 Å². The molecule has 1 heterocycles. The van der Waals surface area contributed by atoms with Gasteiger partial charge in [0.05, 0.1) is 5.69 Å². The average Bonchev–Trinajstić information content (AvgIpc) is 3.10. The second-order valence-corrected chi connectivity index (χ2v) is 7.48. The zero-order valence-electron chi connectivity index (χ0n) is 15.0. The number of carbonyl (C=O) groups excluding carboxylic acids is 1. The van der Waals surface area contributed by atoms with E-state index in [1.807, 2.05) is 54.7 Å². The van der Waals surface area contributed by atoms with Gasteiger partial charge in [-0.25, -0.2) is 4.98 Å². The van der Waals surface area contributed by atoms with Crippen LogP contribution in [-0.2, 0) is 6.42 Å². The van der Waals surface area contributed by atoms with E-state index in [1.165, 1.54) is 5.56 Å². The molecule has 128 valence electrons. The van der Waals surface area contributed by atoms with Gasteiger partial charge in [0, 0.05) is 17.7 Å². The lowest BCUT2D eigenvalue weighted by Gasteiger charge is -2.29. The van der Waals surface area contributed by atoms with Crippen molar-refractivity contribution in [2.24, 2.45) is 11.3 Å². The molecule has 1 unspecified atom stereocenters. The molecule has 0 saturated heterocycles. The third kappa shape index (κ3) is 4.05. The molecule has 1 atom stereocenters. The topological polar surface area (TPSA) is 34.9 Å². The minimum atomic E-state index is -0.135. The molecule has 0 bridgehead atoms. The van der Waals surface area contributed by atoms with Crippen molar-refractivity contribution in [3.8, 4) is 11.3 Å². The Kier molecular flexibility index (Phi) is 4.84. The summed E-state index contributed by atoms with van der Waals surface area (Å²) >= 11 is 0. The van der Waals surface area contributed by atoms with Crippen LogP contribution in [0, 0.1) is 11.3 Å². The van der Waals surface area contributed by atoms with E-state index in [1.54, 1.807) is 10.9 Å². The Morgan fingerprint density at radius 1 is 1.00 bits per heavy atom. The fourth-order valence-electron chi connectivity index (χ4n) is 2.99. The number of carbonyl (C=O) groups is 1. The quantitative estimate of drug-likeness (QED) is 0.666. The average molecular weight is 332 g/mol. The first-order valence-corrected chi connectivity index (χ1v) is 8.63. The van der Waals surface area contributed by atoms with Crippen molar-refractivity contribution in [1.82, 2.24) is 9.55 Å². The van der Waals surface area contributed by atoms with Crippen molar-refractivity contribution in [3.63, 3.8) is 0 Å². The summed E-state index contributed by atoms with van der Waals surface area (Å²) in [7, 11) is 0. The Morgan fingerprint density at radius 2 is 1.60 bits per heavy atom. The van der Waals surface area contributed by atoms with Crippen LogP contribution in [0.5, 0.6) is 0 Å². The summed E-state index contributed by atoms with van der Waals surface area (Å²) in [4.78, 5) is 17.6. The van der Waals surface area contributed by atoms with E-state index >= 15 is 0 Å². The lowest BCUT2D eigenvalue weighted by molar-refractivity contribution is 0.0724. The number of hydrogen-bond acceptors (Lipinski definition) is 2. The molecule has 2 aromatic carbocycles. The summed E-state index contributed by atoms with van der Waals surface area (Å²) in [5.74, 6) is -0.0289. The lowest BCUT2D eigenvalue weighted by Crippen LogP contribution is -2.33. The van der Waals surface area contributed by atoms with Gasteiger partial charge in [-0.2, -0.15) is 0 Å². The molecule has 0 spiro atoms. The lowest BCUT2D eigenvalue weighted by atomic mass is 9.76. The SMILES string of the molecule is CC(C)(C)C(Cc1ccccc1)C(=O)n1cnc(-c2ccccc2)c1. The summed E-state index contributed by atoms with van der Waals surface area (Å²) in [5.41, 5.74) is 2.88. The van der Waals surface area contributed by atoms with Gasteiger partial charge < -0.3 is 0 Å². The van der Waals surface area contributed by atoms with Crippen molar-refractivity contribution >= 4 is 5.91 Å². The van der Waals surface area contributed by atoms with Crippen molar-refractivity contribution in [3.05, 3.63) is 78.8 Å². The first-order chi connectivity index (χ1) is 11.9. The Balaban J connectivity index is 1.87. The van der Waals surface area contributed by atoms with Crippen LogP contribution in [0.2, 0.25) is 0 Å². The van der Waals surface area contributed by atoms with Crippen LogP contribution in [0.3, 0.4) is 0 Å². The summed E-state index contributed by atoms with van der Waals surface area (Å²) in [6.45, 7) is 6.36. The first-order valence-electron chi connectivity index (χ1n) is 8.63. The van der Waals surface area contributed by atoms with E-state index in [4.69, 9.17) is 0 Å². The highest BCUT2D eigenvalue weighted by molar-refractivity contribution is 5.83. The Morgan fingerprint density at radius 3 is 2.20 bits per heavy atom. The standard InChI is InChI=1S/C22H24N2O/c1-22(2,3)19(14-17-10-6-4-7-11-17)21(25)24-15-20(23-16-24)18-12-8-5-9-13-18/h4-13,15-16,19H,14H2,1-3H3. The molecular formula is C22H24N2O. The molecule has 0 N–H and O–H groups in total. The van der Waals surface area contributed by atoms with Gasteiger partial charge in [-0.3, -0.25) is 9.36 Å². The maximum atomic E-state index is 13.2. The number of imidazole rings is 1. The highest BCUT2D eigenvalue weighted by atomic mass is 16.2. The zero-order chi connectivity index (χ0) is 17.9. The van der Waals surface area contributed by atoms with E-state index in [0.29, 0.717) is 0 Å². The van der Waals surface area contributed by atoms with E-state index in [0.717, 1.165) is 17.7 Å². The Bertz CT molecular complexity index is 829. The molecule has 0 amide bonds. The van der Waals surface area contributed by atoms with E-state index in [9.17, 15) is 4.79 Å². The summed E-state index contributed by atoms with van der Waals surface area (Å²) in [6, 6.07) is 20.1. The molecule has 0 radical (unpaired) electrons. The van der Waals surface area contributed by atoms with Gasteiger partial charge in [0.1, 0.15) is 6.33 Å². The highest BCUT2D eigenvalue weighted by Gasteiger charge is 2.32. The van der Waals surface area contributed by atoms with Crippen molar-refractivity contribution < 1.29 is 4.79 Å².